The number of rotatable bonds is 6. The summed E-state index contributed by atoms with van der Waals surface area (Å²) in [4.78, 5) is 13.2. The van der Waals surface area contributed by atoms with Gasteiger partial charge in [-0.05, 0) is 31.9 Å². The van der Waals surface area contributed by atoms with E-state index < -0.39 is 0 Å². The molecule has 0 unspecified atom stereocenters. The third-order valence-corrected chi connectivity index (χ3v) is 4.42. The van der Waals surface area contributed by atoms with Crippen molar-refractivity contribution in [3.8, 4) is 5.69 Å². The first-order valence-corrected chi connectivity index (χ1v) is 8.28. The molecule has 1 heterocycles. The van der Waals surface area contributed by atoms with Crippen LogP contribution < -0.4 is 0 Å². The predicted molar refractivity (Wildman–Crippen MR) is 89.5 cm³/mol. The molecule has 0 aliphatic carbocycles. The summed E-state index contributed by atoms with van der Waals surface area (Å²) in [6.07, 6.45) is 3.14. The van der Waals surface area contributed by atoms with Crippen LogP contribution in [0.3, 0.4) is 0 Å². The van der Waals surface area contributed by atoms with Crippen molar-refractivity contribution in [2.45, 2.75) is 31.8 Å². The Bertz CT molecular complexity index is 651. The highest BCUT2D eigenvalue weighted by Gasteiger charge is 2.10. The average molecular weight is 318 g/mol. The van der Waals surface area contributed by atoms with Crippen LogP contribution in [0.5, 0.6) is 0 Å². The third kappa shape index (κ3) is 4.10. The van der Waals surface area contributed by atoms with Gasteiger partial charge in [0.15, 0.2) is 5.16 Å². The summed E-state index contributed by atoms with van der Waals surface area (Å²) in [5, 5.41) is 9.07. The molecule has 0 fully saturated rings. The van der Waals surface area contributed by atoms with Gasteiger partial charge in [-0.1, -0.05) is 29.5 Å². The topological polar surface area (TPSA) is 51.0 Å². The summed E-state index contributed by atoms with van der Waals surface area (Å²) in [5.41, 5.74) is 3.54. The van der Waals surface area contributed by atoms with Crippen LogP contribution in [0, 0.1) is 13.8 Å². The Morgan fingerprint density at radius 1 is 1.32 bits per heavy atom. The molecule has 22 heavy (non-hydrogen) atoms. The molecule has 1 aromatic carbocycles. The average Bonchev–Trinajstić information content (AvgIpc) is 2.91. The molecule has 6 heteroatoms. The van der Waals surface area contributed by atoms with E-state index >= 15 is 0 Å². The molecule has 0 aliphatic rings. The monoisotopic (exact) mass is 318 g/mol. The Kier molecular flexibility index (Phi) is 5.60. The van der Waals surface area contributed by atoms with Crippen molar-refractivity contribution in [3.63, 3.8) is 0 Å². The molecular weight excluding hydrogens is 296 g/mol. The first-order chi connectivity index (χ1) is 10.5. The second kappa shape index (κ2) is 7.45. The Morgan fingerprint density at radius 3 is 2.77 bits per heavy atom. The lowest BCUT2D eigenvalue weighted by molar-refractivity contribution is -0.128. The molecule has 1 aromatic heterocycles. The molecule has 0 aliphatic heterocycles. The minimum atomic E-state index is 0.163. The number of hydrogen-bond donors (Lipinski definition) is 0. The summed E-state index contributed by atoms with van der Waals surface area (Å²) in [6.45, 7) is 4.17. The van der Waals surface area contributed by atoms with Crippen molar-refractivity contribution in [1.82, 2.24) is 19.7 Å². The zero-order valence-electron chi connectivity index (χ0n) is 13.5. The van der Waals surface area contributed by atoms with Crippen molar-refractivity contribution in [2.24, 2.45) is 0 Å². The van der Waals surface area contributed by atoms with Gasteiger partial charge in [-0.3, -0.25) is 9.36 Å². The number of amides is 1. The smallest absolute Gasteiger partial charge is 0.222 e. The summed E-state index contributed by atoms with van der Waals surface area (Å²) < 4.78 is 2.01. The third-order valence-electron chi connectivity index (χ3n) is 3.39. The fraction of sp³-hybridized carbons (Fsp3) is 0.438. The summed E-state index contributed by atoms with van der Waals surface area (Å²) in [7, 11) is 3.57. The number of thioether (sulfide) groups is 1. The van der Waals surface area contributed by atoms with Gasteiger partial charge in [-0.15, -0.1) is 10.2 Å². The van der Waals surface area contributed by atoms with Crippen LogP contribution in [-0.4, -0.2) is 45.4 Å². The lowest BCUT2D eigenvalue weighted by Gasteiger charge is -2.11. The van der Waals surface area contributed by atoms with E-state index in [2.05, 4.69) is 42.2 Å². The van der Waals surface area contributed by atoms with E-state index in [0.29, 0.717) is 6.42 Å². The maximum Gasteiger partial charge on any atom is 0.222 e. The van der Waals surface area contributed by atoms with Crippen molar-refractivity contribution >= 4 is 17.7 Å². The molecule has 118 valence electrons. The number of benzene rings is 1. The van der Waals surface area contributed by atoms with E-state index in [1.54, 1.807) is 37.1 Å². The van der Waals surface area contributed by atoms with Gasteiger partial charge < -0.3 is 4.90 Å². The molecule has 0 N–H and O–H groups in total. The molecule has 0 atom stereocenters. The standard InChI is InChI=1S/C16H22N4OS/c1-12-7-8-14(13(2)10-12)20-11-17-18-16(20)22-9-5-6-15(21)19(3)4/h7-8,10-11H,5-6,9H2,1-4H3. The van der Waals surface area contributed by atoms with E-state index in [1.807, 2.05) is 4.57 Å². The van der Waals surface area contributed by atoms with Crippen molar-refractivity contribution in [1.29, 1.82) is 0 Å². The molecular formula is C16H22N4OS. The first-order valence-electron chi connectivity index (χ1n) is 7.29. The minimum Gasteiger partial charge on any atom is -0.349 e. The largest absolute Gasteiger partial charge is 0.349 e. The fourth-order valence-electron chi connectivity index (χ4n) is 2.17. The first kappa shape index (κ1) is 16.5. The van der Waals surface area contributed by atoms with Crippen LogP contribution in [0.2, 0.25) is 0 Å². The highest BCUT2D eigenvalue weighted by molar-refractivity contribution is 7.99. The maximum atomic E-state index is 11.6. The second-order valence-electron chi connectivity index (χ2n) is 5.51. The normalized spacial score (nSPS) is 10.7. The zero-order chi connectivity index (χ0) is 16.1. The van der Waals surface area contributed by atoms with Gasteiger partial charge >= 0.3 is 0 Å². The lowest BCUT2D eigenvalue weighted by atomic mass is 10.1. The number of nitrogens with zero attached hydrogens (tertiary/aromatic N) is 4. The van der Waals surface area contributed by atoms with Crippen LogP contribution in [0.15, 0.2) is 29.7 Å². The second-order valence-corrected chi connectivity index (χ2v) is 6.58. The molecule has 1 amide bonds. The number of aromatic nitrogens is 3. The number of carbonyl (C=O) groups excluding carboxylic acids is 1. The van der Waals surface area contributed by atoms with Crippen LogP contribution in [0.4, 0.5) is 0 Å². The fourth-order valence-corrected chi connectivity index (χ4v) is 3.03. The Balaban J connectivity index is 1.99. The van der Waals surface area contributed by atoms with Gasteiger partial charge in [0.2, 0.25) is 5.91 Å². The summed E-state index contributed by atoms with van der Waals surface area (Å²) >= 11 is 1.63. The quantitative estimate of drug-likeness (QED) is 0.607. The van der Waals surface area contributed by atoms with E-state index in [1.165, 1.54) is 11.1 Å². The van der Waals surface area contributed by atoms with E-state index in [-0.39, 0.29) is 5.91 Å². The van der Waals surface area contributed by atoms with E-state index in [4.69, 9.17) is 0 Å². The minimum absolute atomic E-state index is 0.163. The number of carbonyl (C=O) groups is 1. The van der Waals surface area contributed by atoms with Crippen molar-refractivity contribution < 1.29 is 4.79 Å². The Morgan fingerprint density at radius 2 is 2.09 bits per heavy atom. The van der Waals surface area contributed by atoms with Crippen molar-refractivity contribution in [3.05, 3.63) is 35.7 Å². The Labute approximate surface area is 135 Å². The molecule has 2 rings (SSSR count). The molecule has 2 aromatic rings. The van der Waals surface area contributed by atoms with Gasteiger partial charge in [-0.25, -0.2) is 0 Å². The lowest BCUT2D eigenvalue weighted by Crippen LogP contribution is -2.21. The maximum absolute atomic E-state index is 11.6. The summed E-state index contributed by atoms with van der Waals surface area (Å²) in [5.74, 6) is 1.01. The number of aryl methyl sites for hydroxylation is 2. The highest BCUT2D eigenvalue weighted by atomic mass is 32.2. The number of hydrogen-bond acceptors (Lipinski definition) is 4. The molecule has 5 nitrogen and oxygen atoms in total. The van der Waals surface area contributed by atoms with Gasteiger partial charge in [0.1, 0.15) is 6.33 Å². The molecule has 0 radical (unpaired) electrons. The van der Waals surface area contributed by atoms with Gasteiger partial charge in [0.25, 0.3) is 0 Å². The van der Waals surface area contributed by atoms with Crippen LogP contribution in [-0.2, 0) is 4.79 Å². The van der Waals surface area contributed by atoms with Crippen LogP contribution in [0.1, 0.15) is 24.0 Å². The zero-order valence-corrected chi connectivity index (χ0v) is 14.4. The summed E-state index contributed by atoms with van der Waals surface area (Å²) in [6, 6.07) is 6.33. The molecule has 0 saturated heterocycles. The molecule has 0 bridgehead atoms. The van der Waals surface area contributed by atoms with Gasteiger partial charge in [0, 0.05) is 26.3 Å². The molecule has 0 saturated carbocycles. The molecule has 0 spiro atoms. The predicted octanol–water partition coefficient (Wildman–Crippen LogP) is 2.84. The van der Waals surface area contributed by atoms with Crippen LogP contribution in [0.25, 0.3) is 5.69 Å². The highest BCUT2D eigenvalue weighted by Crippen LogP contribution is 2.23. The van der Waals surface area contributed by atoms with Gasteiger partial charge in [-0.2, -0.15) is 0 Å². The van der Waals surface area contributed by atoms with Crippen molar-refractivity contribution in [2.75, 3.05) is 19.8 Å². The van der Waals surface area contributed by atoms with E-state index in [9.17, 15) is 4.79 Å². The van der Waals surface area contributed by atoms with Gasteiger partial charge in [0.05, 0.1) is 5.69 Å². The van der Waals surface area contributed by atoms with E-state index in [0.717, 1.165) is 23.0 Å². The Hall–Kier alpha value is -1.82. The van der Waals surface area contributed by atoms with Crippen LogP contribution >= 0.6 is 11.8 Å². The SMILES string of the molecule is Cc1ccc(-n2cnnc2SCCCC(=O)N(C)C)c(C)c1.